The number of carbonyl (C=O) groups excluding carboxylic acids is 1. The van der Waals surface area contributed by atoms with Crippen molar-refractivity contribution >= 4 is 5.91 Å². The Morgan fingerprint density at radius 2 is 1.69 bits per heavy atom. The minimum atomic E-state index is 0.179. The molecular formula is C10H20N2O. The molecule has 1 amide bonds. The van der Waals surface area contributed by atoms with Gasteiger partial charge in [0.2, 0.25) is 5.91 Å². The van der Waals surface area contributed by atoms with E-state index in [1.54, 1.807) is 6.92 Å². The van der Waals surface area contributed by atoms with Crippen LogP contribution in [0.15, 0.2) is 0 Å². The Bertz CT molecular complexity index is 191. The highest BCUT2D eigenvalue weighted by Gasteiger charge is 2.32. The molecule has 2 atom stereocenters. The fraction of sp³-hybridized carbons (Fsp3) is 0.900. The lowest BCUT2D eigenvalue weighted by molar-refractivity contribution is -0.130. The first-order valence-corrected chi connectivity index (χ1v) is 4.94. The maximum Gasteiger partial charge on any atom is 0.219 e. The van der Waals surface area contributed by atoms with Gasteiger partial charge in [0, 0.05) is 26.1 Å². The molecule has 3 nitrogen and oxygen atoms in total. The Labute approximate surface area is 80.7 Å². The molecule has 13 heavy (non-hydrogen) atoms. The van der Waals surface area contributed by atoms with Gasteiger partial charge >= 0.3 is 0 Å². The van der Waals surface area contributed by atoms with Gasteiger partial charge in [0.05, 0.1) is 0 Å². The molecule has 0 N–H and O–H groups in total. The van der Waals surface area contributed by atoms with Crippen LogP contribution in [0.2, 0.25) is 0 Å². The smallest absolute Gasteiger partial charge is 0.219 e. The van der Waals surface area contributed by atoms with E-state index in [-0.39, 0.29) is 5.91 Å². The summed E-state index contributed by atoms with van der Waals surface area (Å²) >= 11 is 0. The van der Waals surface area contributed by atoms with Gasteiger partial charge < -0.3 is 9.80 Å². The molecule has 1 aliphatic rings. The SMILES string of the molecule is CC(=O)N(C)[C@H]1CCC[C@H]1N(C)C. The number of hydrogen-bond acceptors (Lipinski definition) is 2. The van der Waals surface area contributed by atoms with Crippen molar-refractivity contribution in [2.24, 2.45) is 0 Å². The monoisotopic (exact) mass is 184 g/mol. The molecule has 0 unspecified atom stereocenters. The second-order valence-electron chi connectivity index (χ2n) is 4.16. The summed E-state index contributed by atoms with van der Waals surface area (Å²) in [5.74, 6) is 0.179. The highest BCUT2D eigenvalue weighted by atomic mass is 16.2. The molecule has 0 saturated heterocycles. The molecule has 0 aliphatic heterocycles. The van der Waals surface area contributed by atoms with Gasteiger partial charge in [0.15, 0.2) is 0 Å². The highest BCUT2D eigenvalue weighted by molar-refractivity contribution is 5.73. The van der Waals surface area contributed by atoms with Crippen molar-refractivity contribution < 1.29 is 4.79 Å². The van der Waals surface area contributed by atoms with E-state index in [0.717, 1.165) is 6.42 Å². The van der Waals surface area contributed by atoms with Crippen molar-refractivity contribution in [3.8, 4) is 0 Å². The standard InChI is InChI=1S/C10H20N2O/c1-8(13)12(4)10-7-5-6-9(10)11(2)3/h9-10H,5-7H2,1-4H3/t9-,10+/m1/s1. The van der Waals surface area contributed by atoms with E-state index in [2.05, 4.69) is 19.0 Å². The predicted molar refractivity (Wildman–Crippen MR) is 53.6 cm³/mol. The van der Waals surface area contributed by atoms with Gasteiger partial charge in [0.25, 0.3) is 0 Å². The van der Waals surface area contributed by atoms with Crippen LogP contribution in [0.25, 0.3) is 0 Å². The Kier molecular flexibility index (Phi) is 3.31. The second-order valence-corrected chi connectivity index (χ2v) is 4.16. The van der Waals surface area contributed by atoms with Crippen molar-refractivity contribution in [2.75, 3.05) is 21.1 Å². The van der Waals surface area contributed by atoms with Crippen LogP contribution in [-0.4, -0.2) is 48.9 Å². The van der Waals surface area contributed by atoms with E-state index >= 15 is 0 Å². The molecule has 0 aromatic heterocycles. The van der Waals surface area contributed by atoms with Crippen molar-refractivity contribution in [1.82, 2.24) is 9.80 Å². The third kappa shape index (κ3) is 2.21. The van der Waals surface area contributed by atoms with Gasteiger partial charge in [-0.05, 0) is 33.4 Å². The third-order valence-corrected chi connectivity index (χ3v) is 3.10. The van der Waals surface area contributed by atoms with Gasteiger partial charge in [0.1, 0.15) is 0 Å². The zero-order valence-electron chi connectivity index (χ0n) is 9.08. The predicted octanol–water partition coefficient (Wildman–Crippen LogP) is 0.947. The molecule has 0 radical (unpaired) electrons. The Morgan fingerprint density at radius 3 is 2.15 bits per heavy atom. The average Bonchev–Trinajstić information content (AvgIpc) is 2.50. The van der Waals surface area contributed by atoms with E-state index in [1.807, 2.05) is 11.9 Å². The molecule has 1 rings (SSSR count). The first-order valence-electron chi connectivity index (χ1n) is 4.94. The maximum absolute atomic E-state index is 11.2. The van der Waals surface area contributed by atoms with E-state index in [0.29, 0.717) is 12.1 Å². The number of likely N-dealkylation sites (N-methyl/N-ethyl adjacent to an activating group) is 2. The summed E-state index contributed by atoms with van der Waals surface area (Å²) in [6.07, 6.45) is 3.61. The summed E-state index contributed by atoms with van der Waals surface area (Å²) in [6, 6.07) is 0.974. The van der Waals surface area contributed by atoms with E-state index in [9.17, 15) is 4.79 Å². The van der Waals surface area contributed by atoms with Crippen molar-refractivity contribution in [1.29, 1.82) is 0 Å². The third-order valence-electron chi connectivity index (χ3n) is 3.10. The fourth-order valence-corrected chi connectivity index (χ4v) is 2.21. The Morgan fingerprint density at radius 1 is 1.15 bits per heavy atom. The molecule has 3 heteroatoms. The van der Waals surface area contributed by atoms with Crippen LogP contribution in [0, 0.1) is 0 Å². The maximum atomic E-state index is 11.2. The lowest BCUT2D eigenvalue weighted by Gasteiger charge is -2.32. The van der Waals surface area contributed by atoms with Crippen LogP contribution in [0.4, 0.5) is 0 Å². The Hall–Kier alpha value is -0.570. The first-order chi connectivity index (χ1) is 6.04. The molecule has 0 spiro atoms. The minimum Gasteiger partial charge on any atom is -0.341 e. The number of nitrogens with zero attached hydrogens (tertiary/aromatic N) is 2. The van der Waals surface area contributed by atoms with Crippen molar-refractivity contribution in [3.63, 3.8) is 0 Å². The van der Waals surface area contributed by atoms with E-state index in [1.165, 1.54) is 12.8 Å². The first kappa shape index (κ1) is 10.5. The van der Waals surface area contributed by atoms with Crippen LogP contribution in [0.1, 0.15) is 26.2 Å². The quantitative estimate of drug-likeness (QED) is 0.638. The highest BCUT2D eigenvalue weighted by Crippen LogP contribution is 2.26. The molecular weight excluding hydrogens is 164 g/mol. The molecule has 0 bridgehead atoms. The molecule has 76 valence electrons. The summed E-state index contributed by atoms with van der Waals surface area (Å²) in [4.78, 5) is 15.3. The van der Waals surface area contributed by atoms with Gasteiger partial charge in [-0.25, -0.2) is 0 Å². The van der Waals surface area contributed by atoms with Crippen LogP contribution < -0.4 is 0 Å². The lowest BCUT2D eigenvalue weighted by atomic mass is 10.1. The Balaban J connectivity index is 2.62. The van der Waals surface area contributed by atoms with Gasteiger partial charge in [-0.1, -0.05) is 0 Å². The molecule has 0 aromatic carbocycles. The molecule has 1 saturated carbocycles. The van der Waals surface area contributed by atoms with Crippen molar-refractivity contribution in [2.45, 2.75) is 38.3 Å². The van der Waals surface area contributed by atoms with Crippen LogP contribution in [-0.2, 0) is 4.79 Å². The fourth-order valence-electron chi connectivity index (χ4n) is 2.21. The summed E-state index contributed by atoms with van der Waals surface area (Å²) in [6.45, 7) is 1.64. The normalized spacial score (nSPS) is 28.1. The number of rotatable bonds is 2. The van der Waals surface area contributed by atoms with E-state index in [4.69, 9.17) is 0 Å². The number of carbonyl (C=O) groups is 1. The summed E-state index contributed by atoms with van der Waals surface area (Å²) in [5.41, 5.74) is 0. The zero-order chi connectivity index (χ0) is 10.0. The number of amides is 1. The molecule has 1 aliphatic carbocycles. The number of hydrogen-bond donors (Lipinski definition) is 0. The van der Waals surface area contributed by atoms with Gasteiger partial charge in [-0.15, -0.1) is 0 Å². The van der Waals surface area contributed by atoms with Crippen LogP contribution in [0.3, 0.4) is 0 Å². The largest absolute Gasteiger partial charge is 0.341 e. The van der Waals surface area contributed by atoms with Crippen LogP contribution in [0.5, 0.6) is 0 Å². The second kappa shape index (κ2) is 4.09. The molecule has 1 fully saturated rings. The van der Waals surface area contributed by atoms with E-state index < -0.39 is 0 Å². The molecule has 0 heterocycles. The summed E-state index contributed by atoms with van der Waals surface area (Å²) < 4.78 is 0. The van der Waals surface area contributed by atoms with Crippen LogP contribution >= 0.6 is 0 Å². The van der Waals surface area contributed by atoms with Gasteiger partial charge in [-0.3, -0.25) is 4.79 Å². The zero-order valence-corrected chi connectivity index (χ0v) is 9.08. The lowest BCUT2D eigenvalue weighted by Crippen LogP contribution is -2.46. The molecule has 0 aromatic rings. The minimum absolute atomic E-state index is 0.179. The van der Waals surface area contributed by atoms with Gasteiger partial charge in [-0.2, -0.15) is 0 Å². The average molecular weight is 184 g/mol. The topological polar surface area (TPSA) is 23.6 Å². The summed E-state index contributed by atoms with van der Waals surface area (Å²) in [5, 5.41) is 0. The summed E-state index contributed by atoms with van der Waals surface area (Å²) in [7, 11) is 6.10. The van der Waals surface area contributed by atoms with Crippen molar-refractivity contribution in [3.05, 3.63) is 0 Å².